The fourth-order valence-electron chi connectivity index (χ4n) is 2.46. The number of aldehydes is 1. The molecule has 3 rings (SSSR count). The molecule has 0 fully saturated rings. The van der Waals surface area contributed by atoms with Gasteiger partial charge in [-0.2, -0.15) is 0 Å². The standard InChI is InChI=1S/C18H19N3O/c1-2-13(12-22)11-14-7-9-15(10-8-14)19-18-20-16-5-3-4-6-17(16)21-18/h3-10,12-13H,2,11H2,1H3,(H2,19,20,21). The number of H-pyrrole nitrogens is 1. The summed E-state index contributed by atoms with van der Waals surface area (Å²) in [5.74, 6) is 0.836. The Morgan fingerprint density at radius 3 is 2.64 bits per heavy atom. The average Bonchev–Trinajstić information content (AvgIpc) is 2.96. The van der Waals surface area contributed by atoms with Crippen molar-refractivity contribution in [2.75, 3.05) is 5.32 Å². The number of para-hydroxylation sites is 2. The molecule has 1 heterocycles. The van der Waals surface area contributed by atoms with Crippen molar-refractivity contribution in [2.45, 2.75) is 19.8 Å². The van der Waals surface area contributed by atoms with Crippen LogP contribution in [0.4, 0.5) is 11.6 Å². The molecule has 0 bridgehead atoms. The third-order valence-electron chi connectivity index (χ3n) is 3.82. The number of carbonyl (C=O) groups excluding carboxylic acids is 1. The fourth-order valence-corrected chi connectivity index (χ4v) is 2.46. The van der Waals surface area contributed by atoms with E-state index in [1.165, 1.54) is 5.56 Å². The Morgan fingerprint density at radius 1 is 1.18 bits per heavy atom. The van der Waals surface area contributed by atoms with Crippen LogP contribution in [0, 0.1) is 5.92 Å². The summed E-state index contributed by atoms with van der Waals surface area (Å²) in [6, 6.07) is 16.1. The number of hydrogen-bond donors (Lipinski definition) is 2. The molecule has 0 radical (unpaired) electrons. The summed E-state index contributed by atoms with van der Waals surface area (Å²) in [6.45, 7) is 2.04. The maximum atomic E-state index is 10.9. The number of imidazole rings is 1. The van der Waals surface area contributed by atoms with Gasteiger partial charge >= 0.3 is 0 Å². The topological polar surface area (TPSA) is 57.8 Å². The predicted molar refractivity (Wildman–Crippen MR) is 89.4 cm³/mol. The zero-order valence-electron chi connectivity index (χ0n) is 12.5. The Morgan fingerprint density at radius 2 is 1.95 bits per heavy atom. The van der Waals surface area contributed by atoms with E-state index in [9.17, 15) is 4.79 Å². The van der Waals surface area contributed by atoms with E-state index in [1.54, 1.807) is 0 Å². The number of anilines is 2. The molecule has 0 aliphatic rings. The van der Waals surface area contributed by atoms with E-state index in [0.717, 1.165) is 41.8 Å². The van der Waals surface area contributed by atoms with Crippen LogP contribution in [0.15, 0.2) is 48.5 Å². The Labute approximate surface area is 129 Å². The number of aromatic nitrogens is 2. The number of nitrogens with one attached hydrogen (secondary N) is 2. The zero-order chi connectivity index (χ0) is 15.4. The SMILES string of the molecule is CCC(C=O)Cc1ccc(Nc2nc3ccccc3[nH]2)cc1. The first kappa shape index (κ1) is 14.3. The lowest BCUT2D eigenvalue weighted by Gasteiger charge is -2.08. The van der Waals surface area contributed by atoms with Gasteiger partial charge in [-0.15, -0.1) is 0 Å². The van der Waals surface area contributed by atoms with Crippen LogP contribution in [0.1, 0.15) is 18.9 Å². The summed E-state index contributed by atoms with van der Waals surface area (Å²) in [5, 5.41) is 3.27. The normalized spacial score (nSPS) is 12.2. The van der Waals surface area contributed by atoms with Crippen molar-refractivity contribution in [1.29, 1.82) is 0 Å². The monoisotopic (exact) mass is 293 g/mol. The van der Waals surface area contributed by atoms with Gasteiger partial charge in [-0.1, -0.05) is 31.2 Å². The van der Waals surface area contributed by atoms with Crippen LogP contribution in [0.3, 0.4) is 0 Å². The number of rotatable bonds is 6. The fraction of sp³-hybridized carbons (Fsp3) is 0.222. The lowest BCUT2D eigenvalue weighted by atomic mass is 9.98. The second-order valence-corrected chi connectivity index (χ2v) is 5.43. The average molecular weight is 293 g/mol. The maximum absolute atomic E-state index is 10.9. The van der Waals surface area contributed by atoms with Gasteiger partial charge in [0, 0.05) is 11.6 Å². The van der Waals surface area contributed by atoms with Crippen LogP contribution in [-0.4, -0.2) is 16.3 Å². The van der Waals surface area contributed by atoms with Gasteiger partial charge in [0.15, 0.2) is 0 Å². The summed E-state index contributed by atoms with van der Waals surface area (Å²) in [7, 11) is 0. The van der Waals surface area contributed by atoms with Crippen LogP contribution in [0.25, 0.3) is 11.0 Å². The molecule has 0 amide bonds. The molecule has 3 aromatic rings. The molecule has 1 atom stereocenters. The Balaban J connectivity index is 1.71. The van der Waals surface area contributed by atoms with Gasteiger partial charge in [-0.05, 0) is 42.7 Å². The van der Waals surface area contributed by atoms with E-state index in [2.05, 4.69) is 27.4 Å². The van der Waals surface area contributed by atoms with Gasteiger partial charge < -0.3 is 15.1 Å². The molecule has 22 heavy (non-hydrogen) atoms. The van der Waals surface area contributed by atoms with E-state index in [1.807, 2.05) is 43.3 Å². The van der Waals surface area contributed by atoms with Crippen molar-refractivity contribution in [1.82, 2.24) is 9.97 Å². The van der Waals surface area contributed by atoms with Crippen molar-refractivity contribution < 1.29 is 4.79 Å². The maximum Gasteiger partial charge on any atom is 0.205 e. The van der Waals surface area contributed by atoms with E-state index in [-0.39, 0.29) is 5.92 Å². The highest BCUT2D eigenvalue weighted by molar-refractivity contribution is 5.78. The molecule has 0 spiro atoms. The largest absolute Gasteiger partial charge is 0.326 e. The van der Waals surface area contributed by atoms with Crippen molar-refractivity contribution in [3.05, 3.63) is 54.1 Å². The third kappa shape index (κ3) is 3.17. The summed E-state index contributed by atoms with van der Waals surface area (Å²) in [4.78, 5) is 18.6. The Kier molecular flexibility index (Phi) is 4.19. The number of fused-ring (bicyclic) bond motifs is 1. The zero-order valence-corrected chi connectivity index (χ0v) is 12.5. The first-order valence-electron chi connectivity index (χ1n) is 7.54. The molecule has 2 N–H and O–H groups in total. The highest BCUT2D eigenvalue weighted by Crippen LogP contribution is 2.19. The predicted octanol–water partition coefficient (Wildman–Crippen LogP) is 4.07. The molecule has 4 heteroatoms. The lowest BCUT2D eigenvalue weighted by Crippen LogP contribution is -2.04. The van der Waals surface area contributed by atoms with Crippen LogP contribution in [0.2, 0.25) is 0 Å². The molecule has 2 aromatic carbocycles. The number of benzene rings is 2. The summed E-state index contributed by atoms with van der Waals surface area (Å²) >= 11 is 0. The van der Waals surface area contributed by atoms with Gasteiger partial charge in [0.05, 0.1) is 11.0 Å². The molecule has 4 nitrogen and oxygen atoms in total. The molecule has 1 unspecified atom stereocenters. The van der Waals surface area contributed by atoms with Crippen LogP contribution < -0.4 is 5.32 Å². The smallest absolute Gasteiger partial charge is 0.205 e. The van der Waals surface area contributed by atoms with Gasteiger partial charge in [-0.25, -0.2) is 4.98 Å². The first-order valence-corrected chi connectivity index (χ1v) is 7.54. The highest BCUT2D eigenvalue weighted by Gasteiger charge is 2.06. The van der Waals surface area contributed by atoms with Gasteiger partial charge in [0.25, 0.3) is 0 Å². The van der Waals surface area contributed by atoms with Crippen molar-refractivity contribution in [2.24, 2.45) is 5.92 Å². The van der Waals surface area contributed by atoms with Crippen molar-refractivity contribution in [3.63, 3.8) is 0 Å². The number of nitrogens with zero attached hydrogens (tertiary/aromatic N) is 1. The van der Waals surface area contributed by atoms with Crippen LogP contribution >= 0.6 is 0 Å². The Hall–Kier alpha value is -2.62. The van der Waals surface area contributed by atoms with E-state index in [0.29, 0.717) is 0 Å². The van der Waals surface area contributed by atoms with Gasteiger partial charge in [0.1, 0.15) is 6.29 Å². The van der Waals surface area contributed by atoms with Crippen LogP contribution in [0.5, 0.6) is 0 Å². The third-order valence-corrected chi connectivity index (χ3v) is 3.82. The van der Waals surface area contributed by atoms with Gasteiger partial charge in [0.2, 0.25) is 5.95 Å². The minimum Gasteiger partial charge on any atom is -0.326 e. The number of aromatic amines is 1. The highest BCUT2D eigenvalue weighted by atomic mass is 16.1. The lowest BCUT2D eigenvalue weighted by molar-refractivity contribution is -0.111. The summed E-state index contributed by atoms with van der Waals surface area (Å²) in [5.41, 5.74) is 4.10. The number of carbonyl (C=O) groups is 1. The minimum atomic E-state index is 0.106. The van der Waals surface area contributed by atoms with E-state index in [4.69, 9.17) is 0 Å². The quantitative estimate of drug-likeness (QED) is 0.673. The van der Waals surface area contributed by atoms with Crippen molar-refractivity contribution >= 4 is 29.0 Å². The molecule has 112 valence electrons. The second-order valence-electron chi connectivity index (χ2n) is 5.43. The Bertz CT molecular complexity index is 728. The molecular weight excluding hydrogens is 274 g/mol. The minimum absolute atomic E-state index is 0.106. The van der Waals surface area contributed by atoms with Crippen molar-refractivity contribution in [3.8, 4) is 0 Å². The number of hydrogen-bond acceptors (Lipinski definition) is 3. The van der Waals surface area contributed by atoms with Gasteiger partial charge in [-0.3, -0.25) is 0 Å². The first-order chi connectivity index (χ1) is 10.8. The second kappa shape index (κ2) is 6.43. The molecule has 0 aliphatic carbocycles. The molecule has 0 saturated carbocycles. The molecule has 0 aliphatic heterocycles. The van der Waals surface area contributed by atoms with Crippen LogP contribution in [-0.2, 0) is 11.2 Å². The molecule has 1 aromatic heterocycles. The summed E-state index contributed by atoms with van der Waals surface area (Å²) in [6.07, 6.45) is 2.72. The van der Waals surface area contributed by atoms with E-state index < -0.39 is 0 Å². The van der Waals surface area contributed by atoms with E-state index >= 15 is 0 Å². The molecule has 0 saturated heterocycles. The summed E-state index contributed by atoms with van der Waals surface area (Å²) < 4.78 is 0. The molecular formula is C18H19N3O.